The van der Waals surface area contributed by atoms with Crippen LogP contribution in [-0.4, -0.2) is 9.55 Å². The van der Waals surface area contributed by atoms with E-state index in [-0.39, 0.29) is 0 Å². The first-order valence-corrected chi connectivity index (χ1v) is 7.04. The van der Waals surface area contributed by atoms with Crippen LogP contribution in [0, 0.1) is 6.92 Å². The maximum absolute atomic E-state index is 5.91. The lowest BCUT2D eigenvalue weighted by Crippen LogP contribution is -2.07. The van der Waals surface area contributed by atoms with Crippen LogP contribution in [0.5, 0.6) is 0 Å². The molecule has 0 N–H and O–H groups in total. The molecule has 0 fully saturated rings. The second kappa shape index (κ2) is 4.77. The molecule has 2 nitrogen and oxygen atoms in total. The fourth-order valence-corrected chi connectivity index (χ4v) is 2.97. The van der Waals surface area contributed by atoms with Gasteiger partial charge < -0.3 is 4.57 Å². The average Bonchev–Trinajstić information content (AvgIpc) is 2.82. The molecule has 0 spiro atoms. The standard InChI is InChI=1S/C15H17ClN2/c1-11-8-13(7-6-12(11)9-16)18-10-17-14-4-2-3-5-15(14)18/h6-8,10H,2-5,9H2,1H3. The second-order valence-electron chi connectivity index (χ2n) is 4.96. The van der Waals surface area contributed by atoms with Gasteiger partial charge >= 0.3 is 0 Å². The highest BCUT2D eigenvalue weighted by Gasteiger charge is 2.16. The minimum absolute atomic E-state index is 0.578. The largest absolute Gasteiger partial charge is 0.303 e. The Labute approximate surface area is 113 Å². The van der Waals surface area contributed by atoms with Crippen LogP contribution in [0.4, 0.5) is 0 Å². The Morgan fingerprint density at radius 2 is 2.11 bits per heavy atom. The smallest absolute Gasteiger partial charge is 0.0997 e. The highest BCUT2D eigenvalue weighted by atomic mass is 35.5. The normalized spacial score (nSPS) is 14.6. The summed E-state index contributed by atoms with van der Waals surface area (Å²) in [4.78, 5) is 4.54. The molecule has 18 heavy (non-hydrogen) atoms. The fraction of sp³-hybridized carbons (Fsp3) is 0.400. The van der Waals surface area contributed by atoms with Crippen LogP contribution in [-0.2, 0) is 18.7 Å². The van der Waals surface area contributed by atoms with Crippen molar-refractivity contribution in [2.24, 2.45) is 0 Å². The number of aromatic nitrogens is 2. The van der Waals surface area contributed by atoms with Gasteiger partial charge in [-0.2, -0.15) is 0 Å². The molecule has 0 saturated heterocycles. The van der Waals surface area contributed by atoms with Gasteiger partial charge in [0.05, 0.1) is 12.0 Å². The molecule has 94 valence electrons. The van der Waals surface area contributed by atoms with Crippen LogP contribution in [0.15, 0.2) is 24.5 Å². The molecule has 0 amide bonds. The van der Waals surface area contributed by atoms with Crippen LogP contribution in [0.25, 0.3) is 5.69 Å². The van der Waals surface area contributed by atoms with Crippen molar-refractivity contribution >= 4 is 11.6 Å². The third kappa shape index (κ3) is 1.95. The Morgan fingerprint density at radius 1 is 1.28 bits per heavy atom. The topological polar surface area (TPSA) is 17.8 Å². The Bertz CT molecular complexity index is 572. The maximum Gasteiger partial charge on any atom is 0.0997 e. The lowest BCUT2D eigenvalue weighted by molar-refractivity contribution is 0.656. The summed E-state index contributed by atoms with van der Waals surface area (Å²) in [5.41, 5.74) is 6.33. The lowest BCUT2D eigenvalue weighted by atomic mass is 10.0. The first kappa shape index (κ1) is 11.8. The number of nitrogens with zero attached hydrogens (tertiary/aromatic N) is 2. The van der Waals surface area contributed by atoms with Crippen LogP contribution < -0.4 is 0 Å². The van der Waals surface area contributed by atoms with Crippen LogP contribution in [0.2, 0.25) is 0 Å². The minimum Gasteiger partial charge on any atom is -0.303 e. The van der Waals surface area contributed by atoms with E-state index in [0.29, 0.717) is 5.88 Å². The number of halogens is 1. The number of aryl methyl sites for hydroxylation is 2. The van der Waals surface area contributed by atoms with Crippen molar-refractivity contribution in [1.29, 1.82) is 0 Å². The molecule has 1 aliphatic rings. The Kier molecular flexibility index (Phi) is 3.13. The number of rotatable bonds is 2. The predicted molar refractivity (Wildman–Crippen MR) is 74.5 cm³/mol. The molecular weight excluding hydrogens is 244 g/mol. The molecular formula is C15H17ClN2. The molecule has 1 heterocycles. The maximum atomic E-state index is 5.91. The molecule has 0 saturated carbocycles. The zero-order valence-corrected chi connectivity index (χ0v) is 11.4. The van der Waals surface area contributed by atoms with Gasteiger partial charge in [-0.1, -0.05) is 6.07 Å². The van der Waals surface area contributed by atoms with Crippen molar-refractivity contribution < 1.29 is 0 Å². The molecule has 0 unspecified atom stereocenters. The Morgan fingerprint density at radius 3 is 2.89 bits per heavy atom. The summed E-state index contributed by atoms with van der Waals surface area (Å²) in [7, 11) is 0. The highest BCUT2D eigenvalue weighted by molar-refractivity contribution is 6.17. The van der Waals surface area contributed by atoms with Gasteiger partial charge in [0.25, 0.3) is 0 Å². The summed E-state index contributed by atoms with van der Waals surface area (Å²) in [6, 6.07) is 6.46. The van der Waals surface area contributed by atoms with Gasteiger partial charge in [0.1, 0.15) is 0 Å². The van der Waals surface area contributed by atoms with E-state index in [2.05, 4.69) is 34.7 Å². The molecule has 3 heteroatoms. The van der Waals surface area contributed by atoms with Crippen molar-refractivity contribution in [2.45, 2.75) is 38.5 Å². The molecule has 2 aromatic rings. The zero-order chi connectivity index (χ0) is 12.5. The van der Waals surface area contributed by atoms with E-state index in [1.165, 1.54) is 41.0 Å². The van der Waals surface area contributed by atoms with E-state index in [0.717, 1.165) is 12.8 Å². The summed E-state index contributed by atoms with van der Waals surface area (Å²) >= 11 is 5.91. The monoisotopic (exact) mass is 260 g/mol. The third-order valence-electron chi connectivity index (χ3n) is 3.78. The van der Waals surface area contributed by atoms with E-state index in [4.69, 9.17) is 11.6 Å². The van der Waals surface area contributed by atoms with Gasteiger partial charge in [0.15, 0.2) is 0 Å². The first-order valence-electron chi connectivity index (χ1n) is 6.50. The number of hydrogen-bond acceptors (Lipinski definition) is 1. The molecule has 1 aliphatic carbocycles. The first-order chi connectivity index (χ1) is 8.79. The molecule has 1 aromatic heterocycles. The van der Waals surface area contributed by atoms with Crippen molar-refractivity contribution in [2.75, 3.05) is 0 Å². The van der Waals surface area contributed by atoms with Crippen molar-refractivity contribution in [1.82, 2.24) is 9.55 Å². The van der Waals surface area contributed by atoms with Crippen LogP contribution in [0.3, 0.4) is 0 Å². The van der Waals surface area contributed by atoms with Crippen molar-refractivity contribution in [3.05, 3.63) is 47.0 Å². The Hall–Kier alpha value is -1.28. The number of alkyl halides is 1. The van der Waals surface area contributed by atoms with Gasteiger partial charge in [-0.05, 0) is 55.9 Å². The summed E-state index contributed by atoms with van der Waals surface area (Å²) in [6.45, 7) is 2.12. The third-order valence-corrected chi connectivity index (χ3v) is 4.07. The molecule has 0 bridgehead atoms. The van der Waals surface area contributed by atoms with Gasteiger partial charge in [0, 0.05) is 17.3 Å². The minimum atomic E-state index is 0.578. The quantitative estimate of drug-likeness (QED) is 0.751. The SMILES string of the molecule is Cc1cc(-n2cnc3c2CCCC3)ccc1CCl. The van der Waals surface area contributed by atoms with Crippen molar-refractivity contribution in [3.8, 4) is 5.69 Å². The average molecular weight is 261 g/mol. The van der Waals surface area contributed by atoms with E-state index in [9.17, 15) is 0 Å². The summed E-state index contributed by atoms with van der Waals surface area (Å²) < 4.78 is 2.24. The summed E-state index contributed by atoms with van der Waals surface area (Å²) in [5.74, 6) is 0.578. The molecule has 3 rings (SSSR count). The molecule has 1 aromatic carbocycles. The van der Waals surface area contributed by atoms with E-state index in [1.54, 1.807) is 0 Å². The lowest BCUT2D eigenvalue weighted by Gasteiger charge is -2.15. The molecule has 0 atom stereocenters. The highest BCUT2D eigenvalue weighted by Crippen LogP contribution is 2.24. The number of fused-ring (bicyclic) bond motifs is 1. The van der Waals surface area contributed by atoms with Crippen LogP contribution in [0.1, 0.15) is 35.4 Å². The molecule has 0 radical (unpaired) electrons. The second-order valence-corrected chi connectivity index (χ2v) is 5.23. The van der Waals surface area contributed by atoms with Gasteiger partial charge in [-0.15, -0.1) is 11.6 Å². The number of hydrogen-bond donors (Lipinski definition) is 0. The van der Waals surface area contributed by atoms with E-state index >= 15 is 0 Å². The van der Waals surface area contributed by atoms with Gasteiger partial charge in [-0.3, -0.25) is 0 Å². The Balaban J connectivity index is 2.04. The molecule has 0 aliphatic heterocycles. The van der Waals surface area contributed by atoms with Gasteiger partial charge in [0.2, 0.25) is 0 Å². The predicted octanol–water partition coefficient (Wildman–Crippen LogP) is 3.80. The summed E-state index contributed by atoms with van der Waals surface area (Å²) in [6.07, 6.45) is 6.78. The summed E-state index contributed by atoms with van der Waals surface area (Å²) in [5, 5.41) is 0. The van der Waals surface area contributed by atoms with Crippen LogP contribution >= 0.6 is 11.6 Å². The fourth-order valence-electron chi connectivity index (χ4n) is 2.67. The number of imidazole rings is 1. The van der Waals surface area contributed by atoms with Crippen molar-refractivity contribution in [3.63, 3.8) is 0 Å². The van der Waals surface area contributed by atoms with E-state index < -0.39 is 0 Å². The van der Waals surface area contributed by atoms with Gasteiger partial charge in [-0.25, -0.2) is 4.98 Å². The van der Waals surface area contributed by atoms with E-state index in [1.807, 2.05) is 6.33 Å². The zero-order valence-electron chi connectivity index (χ0n) is 10.6. The number of benzene rings is 1.